The molecular weight excluding hydrogens is 436 g/mol. The molecule has 0 aliphatic carbocycles. The number of anilines is 2. The molecule has 0 atom stereocenters. The van der Waals surface area contributed by atoms with Crippen LogP contribution in [-0.2, 0) is 14.8 Å². The fourth-order valence-electron chi connectivity index (χ4n) is 2.60. The third-order valence-electron chi connectivity index (χ3n) is 4.07. The van der Waals surface area contributed by atoms with Gasteiger partial charge in [0.25, 0.3) is 0 Å². The van der Waals surface area contributed by atoms with Crippen molar-refractivity contribution in [1.29, 1.82) is 0 Å². The number of nitrogens with one attached hydrogen (secondary N) is 1. The van der Waals surface area contributed by atoms with Crippen molar-refractivity contribution >= 4 is 43.2 Å². The SMILES string of the molecule is CCS(=O)(=O)N(CC(=O)Nc1ccc(Br)c(C)c1)c1ccc2c(c1)OCO2. The van der Waals surface area contributed by atoms with E-state index in [-0.39, 0.29) is 19.1 Å². The Bertz CT molecular complexity index is 978. The zero-order chi connectivity index (χ0) is 19.6. The van der Waals surface area contributed by atoms with Gasteiger partial charge >= 0.3 is 0 Å². The number of carbonyl (C=O) groups excluding carboxylic acids is 1. The average molecular weight is 455 g/mol. The van der Waals surface area contributed by atoms with E-state index < -0.39 is 15.9 Å². The third kappa shape index (κ3) is 4.36. The van der Waals surface area contributed by atoms with Crippen molar-refractivity contribution in [2.45, 2.75) is 13.8 Å². The number of fused-ring (bicyclic) bond motifs is 1. The van der Waals surface area contributed by atoms with Crippen LogP contribution in [0.5, 0.6) is 11.5 Å². The van der Waals surface area contributed by atoms with Crippen LogP contribution in [0.15, 0.2) is 40.9 Å². The minimum absolute atomic E-state index is 0.0860. The van der Waals surface area contributed by atoms with Crippen molar-refractivity contribution in [3.8, 4) is 11.5 Å². The van der Waals surface area contributed by atoms with Gasteiger partial charge in [0.1, 0.15) is 6.54 Å². The molecule has 0 aromatic heterocycles. The molecule has 27 heavy (non-hydrogen) atoms. The molecule has 3 rings (SSSR count). The lowest BCUT2D eigenvalue weighted by atomic mass is 10.2. The highest BCUT2D eigenvalue weighted by atomic mass is 79.9. The maximum absolute atomic E-state index is 12.6. The molecule has 7 nitrogen and oxygen atoms in total. The largest absolute Gasteiger partial charge is 0.454 e. The van der Waals surface area contributed by atoms with E-state index in [9.17, 15) is 13.2 Å². The van der Waals surface area contributed by atoms with Crippen molar-refractivity contribution in [2.24, 2.45) is 0 Å². The van der Waals surface area contributed by atoms with Crippen LogP contribution in [-0.4, -0.2) is 33.4 Å². The fourth-order valence-corrected chi connectivity index (χ4v) is 3.91. The van der Waals surface area contributed by atoms with Crippen LogP contribution in [0, 0.1) is 6.92 Å². The molecule has 1 aliphatic heterocycles. The fraction of sp³-hybridized carbons (Fsp3) is 0.278. The van der Waals surface area contributed by atoms with Gasteiger partial charge < -0.3 is 14.8 Å². The molecule has 0 saturated heterocycles. The molecule has 9 heteroatoms. The number of ether oxygens (including phenoxy) is 2. The third-order valence-corrected chi connectivity index (χ3v) is 6.70. The summed E-state index contributed by atoms with van der Waals surface area (Å²) in [4.78, 5) is 12.5. The highest BCUT2D eigenvalue weighted by Crippen LogP contribution is 2.36. The van der Waals surface area contributed by atoms with Gasteiger partial charge in [0, 0.05) is 16.2 Å². The number of benzene rings is 2. The minimum atomic E-state index is -3.66. The number of nitrogens with zero attached hydrogens (tertiary/aromatic N) is 1. The van der Waals surface area contributed by atoms with Gasteiger partial charge in [-0.25, -0.2) is 8.42 Å². The second kappa shape index (κ2) is 7.77. The molecule has 0 bridgehead atoms. The molecule has 144 valence electrons. The summed E-state index contributed by atoms with van der Waals surface area (Å²) < 4.78 is 37.7. The first-order valence-corrected chi connectivity index (χ1v) is 10.7. The second-order valence-electron chi connectivity index (χ2n) is 5.96. The Balaban J connectivity index is 1.83. The number of amides is 1. The zero-order valence-corrected chi connectivity index (χ0v) is 17.3. The standard InChI is InChI=1S/C18H19BrN2O5S/c1-3-27(23,24)21(14-5-7-16-17(9-14)26-11-25-16)10-18(22)20-13-4-6-15(19)12(2)8-13/h4-9H,3,10-11H2,1-2H3,(H,20,22). The molecule has 1 amide bonds. The van der Waals surface area contributed by atoms with Gasteiger partial charge in [0.2, 0.25) is 22.7 Å². The van der Waals surface area contributed by atoms with E-state index in [2.05, 4.69) is 21.2 Å². The monoisotopic (exact) mass is 454 g/mol. The van der Waals surface area contributed by atoms with Gasteiger partial charge in [0.15, 0.2) is 11.5 Å². The molecule has 0 radical (unpaired) electrons. The van der Waals surface area contributed by atoms with Crippen molar-refractivity contribution in [2.75, 3.05) is 28.7 Å². The lowest BCUT2D eigenvalue weighted by molar-refractivity contribution is -0.114. The van der Waals surface area contributed by atoms with Crippen LogP contribution in [0.3, 0.4) is 0 Å². The number of carbonyl (C=O) groups is 1. The molecule has 0 fully saturated rings. The molecule has 2 aromatic rings. The first-order valence-electron chi connectivity index (χ1n) is 8.26. The van der Waals surface area contributed by atoms with Crippen LogP contribution in [0.4, 0.5) is 11.4 Å². The second-order valence-corrected chi connectivity index (χ2v) is 8.99. The van der Waals surface area contributed by atoms with Crippen LogP contribution >= 0.6 is 15.9 Å². The molecule has 1 N–H and O–H groups in total. The first-order chi connectivity index (χ1) is 12.8. The zero-order valence-electron chi connectivity index (χ0n) is 14.9. The van der Waals surface area contributed by atoms with Crippen molar-refractivity contribution < 1.29 is 22.7 Å². The lowest BCUT2D eigenvalue weighted by Crippen LogP contribution is -2.39. The maximum atomic E-state index is 12.6. The summed E-state index contributed by atoms with van der Waals surface area (Å²) in [5.41, 5.74) is 1.91. The molecule has 0 saturated carbocycles. The van der Waals surface area contributed by atoms with Crippen LogP contribution in [0.2, 0.25) is 0 Å². The molecule has 1 heterocycles. The summed E-state index contributed by atoms with van der Waals surface area (Å²) in [5, 5.41) is 2.74. The summed E-state index contributed by atoms with van der Waals surface area (Å²) in [6, 6.07) is 10.2. The Morgan fingerprint density at radius 1 is 1.19 bits per heavy atom. The highest BCUT2D eigenvalue weighted by molar-refractivity contribution is 9.10. The van der Waals surface area contributed by atoms with E-state index in [1.54, 1.807) is 30.3 Å². The quantitative estimate of drug-likeness (QED) is 0.723. The summed E-state index contributed by atoms with van der Waals surface area (Å²) in [7, 11) is -3.66. The van der Waals surface area contributed by atoms with Crippen LogP contribution in [0.25, 0.3) is 0 Å². The molecular formula is C18H19BrN2O5S. The number of halogens is 1. The lowest BCUT2D eigenvalue weighted by Gasteiger charge is -2.23. The van der Waals surface area contributed by atoms with Crippen LogP contribution in [0.1, 0.15) is 12.5 Å². The van der Waals surface area contributed by atoms with Crippen molar-refractivity contribution in [1.82, 2.24) is 0 Å². The number of aryl methyl sites for hydroxylation is 1. The van der Waals surface area contributed by atoms with Gasteiger partial charge in [0.05, 0.1) is 11.4 Å². The van der Waals surface area contributed by atoms with E-state index in [0.29, 0.717) is 22.9 Å². The Labute approximate surface area is 166 Å². The van der Waals surface area contributed by atoms with E-state index in [1.165, 1.54) is 6.92 Å². The highest BCUT2D eigenvalue weighted by Gasteiger charge is 2.25. The number of hydrogen-bond donors (Lipinski definition) is 1. The normalized spacial score (nSPS) is 12.7. The molecule has 0 unspecified atom stereocenters. The number of rotatable bonds is 6. The predicted octanol–water partition coefficient (Wildman–Crippen LogP) is 3.28. The summed E-state index contributed by atoms with van der Waals surface area (Å²) in [6.45, 7) is 3.18. The van der Waals surface area contributed by atoms with Crippen molar-refractivity contribution in [3.05, 3.63) is 46.4 Å². The van der Waals surface area contributed by atoms with Gasteiger partial charge in [-0.05, 0) is 49.7 Å². The Morgan fingerprint density at radius 2 is 1.93 bits per heavy atom. The molecule has 2 aromatic carbocycles. The van der Waals surface area contributed by atoms with Gasteiger partial charge in [-0.1, -0.05) is 15.9 Å². The van der Waals surface area contributed by atoms with E-state index in [1.807, 2.05) is 13.0 Å². The first kappa shape index (κ1) is 19.5. The smallest absolute Gasteiger partial charge is 0.245 e. The summed E-state index contributed by atoms with van der Waals surface area (Å²) >= 11 is 3.40. The van der Waals surface area contributed by atoms with Gasteiger partial charge in [-0.15, -0.1) is 0 Å². The average Bonchev–Trinajstić information content (AvgIpc) is 3.10. The topological polar surface area (TPSA) is 84.9 Å². The van der Waals surface area contributed by atoms with E-state index >= 15 is 0 Å². The van der Waals surface area contributed by atoms with Gasteiger partial charge in [-0.3, -0.25) is 9.10 Å². The maximum Gasteiger partial charge on any atom is 0.245 e. The van der Waals surface area contributed by atoms with E-state index in [0.717, 1.165) is 14.3 Å². The number of sulfonamides is 1. The molecule has 1 aliphatic rings. The predicted molar refractivity (Wildman–Crippen MR) is 107 cm³/mol. The number of hydrogen-bond acceptors (Lipinski definition) is 5. The van der Waals surface area contributed by atoms with E-state index in [4.69, 9.17) is 9.47 Å². The Kier molecular flexibility index (Phi) is 5.61. The summed E-state index contributed by atoms with van der Waals surface area (Å²) in [6.07, 6.45) is 0. The Morgan fingerprint density at radius 3 is 2.63 bits per heavy atom. The minimum Gasteiger partial charge on any atom is -0.454 e. The van der Waals surface area contributed by atoms with Crippen LogP contribution < -0.4 is 19.1 Å². The van der Waals surface area contributed by atoms with Gasteiger partial charge in [-0.2, -0.15) is 0 Å². The summed E-state index contributed by atoms with van der Waals surface area (Å²) in [5.74, 6) is 0.424. The Hall–Kier alpha value is -2.26. The van der Waals surface area contributed by atoms with Crippen molar-refractivity contribution in [3.63, 3.8) is 0 Å². The molecule has 0 spiro atoms.